The summed E-state index contributed by atoms with van der Waals surface area (Å²) in [5.41, 5.74) is 0.155. The van der Waals surface area contributed by atoms with Crippen molar-refractivity contribution in [3.8, 4) is 17.2 Å². The molecule has 0 saturated carbocycles. The zero-order valence-corrected chi connectivity index (χ0v) is 23.0. The third-order valence-corrected chi connectivity index (χ3v) is 8.36. The molecule has 40 heavy (non-hydrogen) atoms. The number of hydrogen-bond acceptors (Lipinski definition) is 8. The van der Waals surface area contributed by atoms with Crippen LogP contribution >= 0.6 is 11.6 Å². The SMILES string of the molecule is COC(=O)C1=C[C@@H](c2ccc3ccccc3c2)C2=C(C[C@@H](C)[C@]3(Oc4c(Cl)c(OC)cc(OC)c4C3=O)C2=O)N1. The molecule has 6 rings (SSSR count). The molecule has 0 bridgehead atoms. The molecule has 1 N–H and O–H groups in total. The Kier molecular flexibility index (Phi) is 6.11. The quantitative estimate of drug-likeness (QED) is 0.347. The van der Waals surface area contributed by atoms with E-state index in [1.54, 1.807) is 13.0 Å². The van der Waals surface area contributed by atoms with E-state index in [2.05, 4.69) is 5.32 Å². The van der Waals surface area contributed by atoms with Gasteiger partial charge in [-0.15, -0.1) is 0 Å². The first kappa shape index (κ1) is 26.0. The van der Waals surface area contributed by atoms with Crippen LogP contribution in [0, 0.1) is 5.92 Å². The van der Waals surface area contributed by atoms with Gasteiger partial charge < -0.3 is 24.3 Å². The molecule has 0 aromatic heterocycles. The molecule has 3 aromatic carbocycles. The Labute approximate surface area is 235 Å². The van der Waals surface area contributed by atoms with Gasteiger partial charge in [0.1, 0.15) is 27.8 Å². The van der Waals surface area contributed by atoms with Crippen LogP contribution in [0.3, 0.4) is 0 Å². The molecule has 3 atom stereocenters. The van der Waals surface area contributed by atoms with Crippen molar-refractivity contribution in [3.05, 3.63) is 87.7 Å². The third-order valence-electron chi connectivity index (χ3n) is 8.00. The van der Waals surface area contributed by atoms with E-state index < -0.39 is 35.0 Å². The number of nitrogens with one attached hydrogen (secondary N) is 1. The maximum atomic E-state index is 14.6. The number of ether oxygens (including phenoxy) is 4. The van der Waals surface area contributed by atoms with Crippen LogP contribution < -0.4 is 19.5 Å². The highest BCUT2D eigenvalue weighted by atomic mass is 35.5. The molecule has 0 amide bonds. The predicted molar refractivity (Wildman–Crippen MR) is 148 cm³/mol. The predicted octanol–water partition coefficient (Wildman–Crippen LogP) is 5.13. The van der Waals surface area contributed by atoms with E-state index in [1.807, 2.05) is 42.5 Å². The second kappa shape index (κ2) is 9.41. The normalized spacial score (nSPS) is 23.3. The van der Waals surface area contributed by atoms with Gasteiger partial charge in [0.25, 0.3) is 0 Å². The van der Waals surface area contributed by atoms with E-state index in [4.69, 9.17) is 30.5 Å². The maximum absolute atomic E-state index is 14.6. The summed E-state index contributed by atoms with van der Waals surface area (Å²) >= 11 is 6.58. The Hall–Kier alpha value is -4.30. The van der Waals surface area contributed by atoms with Gasteiger partial charge in [-0.25, -0.2) is 4.79 Å². The number of dihydropyridines is 1. The number of Topliss-reactive ketones (excluding diaryl/α,β-unsaturated/α-hetero) is 2. The number of hydrogen-bond donors (Lipinski definition) is 1. The summed E-state index contributed by atoms with van der Waals surface area (Å²) < 4.78 is 22.2. The summed E-state index contributed by atoms with van der Waals surface area (Å²) in [6.45, 7) is 1.77. The highest BCUT2D eigenvalue weighted by molar-refractivity contribution is 6.36. The van der Waals surface area contributed by atoms with Gasteiger partial charge in [0.2, 0.25) is 17.2 Å². The summed E-state index contributed by atoms with van der Waals surface area (Å²) in [4.78, 5) is 41.4. The Morgan fingerprint density at radius 2 is 1.73 bits per heavy atom. The highest BCUT2D eigenvalue weighted by Crippen LogP contribution is 2.55. The number of halogens is 1. The Morgan fingerprint density at radius 3 is 2.42 bits per heavy atom. The van der Waals surface area contributed by atoms with Gasteiger partial charge in [0, 0.05) is 29.2 Å². The van der Waals surface area contributed by atoms with Crippen LogP contribution in [0.25, 0.3) is 10.8 Å². The summed E-state index contributed by atoms with van der Waals surface area (Å²) in [6.07, 6.45) is 1.93. The van der Waals surface area contributed by atoms with E-state index in [0.717, 1.165) is 16.3 Å². The Bertz CT molecular complexity index is 1690. The van der Waals surface area contributed by atoms with Crippen molar-refractivity contribution in [1.82, 2.24) is 5.32 Å². The molecule has 3 aromatic rings. The van der Waals surface area contributed by atoms with E-state index in [-0.39, 0.29) is 40.0 Å². The Balaban J connectivity index is 1.52. The van der Waals surface area contributed by atoms with Crippen molar-refractivity contribution < 1.29 is 33.3 Å². The molecule has 2 heterocycles. The van der Waals surface area contributed by atoms with Crippen molar-refractivity contribution in [2.75, 3.05) is 21.3 Å². The first-order chi connectivity index (χ1) is 19.2. The average molecular weight is 560 g/mol. The molecule has 1 spiro atoms. The van der Waals surface area contributed by atoms with Crippen LogP contribution in [0.5, 0.6) is 17.2 Å². The molecular formula is C31H26ClNO7. The lowest BCUT2D eigenvalue weighted by Gasteiger charge is -2.41. The van der Waals surface area contributed by atoms with Gasteiger partial charge >= 0.3 is 5.97 Å². The van der Waals surface area contributed by atoms with Crippen molar-refractivity contribution in [2.45, 2.75) is 24.9 Å². The number of allylic oxidation sites excluding steroid dienone is 2. The van der Waals surface area contributed by atoms with Gasteiger partial charge in [-0.1, -0.05) is 61.0 Å². The monoisotopic (exact) mass is 559 g/mol. The first-order valence-corrected chi connectivity index (χ1v) is 13.1. The molecule has 9 heteroatoms. The van der Waals surface area contributed by atoms with Gasteiger partial charge in [-0.3, -0.25) is 9.59 Å². The molecule has 2 aliphatic heterocycles. The minimum Gasteiger partial charge on any atom is -0.496 e. The number of methoxy groups -OCH3 is 3. The van der Waals surface area contributed by atoms with Crippen molar-refractivity contribution in [3.63, 3.8) is 0 Å². The molecule has 0 saturated heterocycles. The number of esters is 1. The second-order valence-corrected chi connectivity index (χ2v) is 10.5. The molecule has 0 radical (unpaired) electrons. The molecule has 1 aliphatic carbocycles. The lowest BCUT2D eigenvalue weighted by atomic mass is 9.67. The minimum atomic E-state index is -1.86. The minimum absolute atomic E-state index is 0.0592. The van der Waals surface area contributed by atoms with Crippen LogP contribution in [0.2, 0.25) is 5.02 Å². The second-order valence-electron chi connectivity index (χ2n) is 10.1. The van der Waals surface area contributed by atoms with Gasteiger partial charge in [-0.05, 0) is 28.8 Å². The maximum Gasteiger partial charge on any atom is 0.354 e. The zero-order chi connectivity index (χ0) is 28.3. The van der Waals surface area contributed by atoms with E-state index in [0.29, 0.717) is 11.3 Å². The topological polar surface area (TPSA) is 100 Å². The number of ketones is 2. The smallest absolute Gasteiger partial charge is 0.354 e. The van der Waals surface area contributed by atoms with Crippen molar-refractivity contribution in [1.29, 1.82) is 0 Å². The van der Waals surface area contributed by atoms with Gasteiger partial charge in [0.15, 0.2) is 5.75 Å². The fraction of sp³-hybridized carbons (Fsp3) is 0.258. The first-order valence-electron chi connectivity index (χ1n) is 12.8. The number of fused-ring (bicyclic) bond motifs is 2. The number of carbonyl (C=O) groups is 3. The highest BCUT2D eigenvalue weighted by Gasteiger charge is 2.63. The summed E-state index contributed by atoms with van der Waals surface area (Å²) in [7, 11) is 4.17. The van der Waals surface area contributed by atoms with E-state index >= 15 is 0 Å². The lowest BCUT2D eigenvalue weighted by Crippen LogP contribution is -2.58. The number of rotatable bonds is 4. The molecule has 0 fully saturated rings. The average Bonchev–Trinajstić information content (AvgIpc) is 3.29. The largest absolute Gasteiger partial charge is 0.496 e. The van der Waals surface area contributed by atoms with Crippen LogP contribution in [-0.2, 0) is 14.3 Å². The van der Waals surface area contributed by atoms with Crippen LogP contribution in [-0.4, -0.2) is 44.5 Å². The third kappa shape index (κ3) is 3.55. The fourth-order valence-corrected chi connectivity index (χ4v) is 6.26. The number of carbonyl (C=O) groups excluding carboxylic acids is 3. The van der Waals surface area contributed by atoms with Crippen LogP contribution in [0.15, 0.2) is 71.6 Å². The standard InChI is InChI=1S/C31H26ClNO7/c1-15-11-20-24(28(34)31(15)29(35)25-22(37-2)14-23(38-3)26(32)27(25)40-31)19(13-21(33-20)30(36)39-4)18-10-9-16-7-5-6-8-17(16)12-18/h5-10,12-15,19,33H,11H2,1-4H3/t15-,19+,31+/m1/s1. The summed E-state index contributed by atoms with van der Waals surface area (Å²) in [6, 6.07) is 15.2. The van der Waals surface area contributed by atoms with Crippen LogP contribution in [0.1, 0.15) is 35.2 Å². The van der Waals surface area contributed by atoms with Crippen molar-refractivity contribution in [2.24, 2.45) is 5.92 Å². The molecule has 204 valence electrons. The fourth-order valence-electron chi connectivity index (χ4n) is 5.99. The summed E-state index contributed by atoms with van der Waals surface area (Å²) in [5, 5.41) is 5.20. The van der Waals surface area contributed by atoms with Crippen LogP contribution in [0.4, 0.5) is 0 Å². The Morgan fingerprint density at radius 1 is 1.00 bits per heavy atom. The summed E-state index contributed by atoms with van der Waals surface area (Å²) in [5.74, 6) is -2.29. The molecule has 3 aliphatic rings. The molecule has 0 unspecified atom stereocenters. The van der Waals surface area contributed by atoms with E-state index in [9.17, 15) is 14.4 Å². The number of benzene rings is 3. The van der Waals surface area contributed by atoms with Gasteiger partial charge in [-0.2, -0.15) is 0 Å². The van der Waals surface area contributed by atoms with E-state index in [1.165, 1.54) is 27.4 Å². The van der Waals surface area contributed by atoms with Crippen molar-refractivity contribution >= 4 is 39.9 Å². The molecular weight excluding hydrogens is 534 g/mol. The molecule has 8 nitrogen and oxygen atoms in total. The van der Waals surface area contributed by atoms with Gasteiger partial charge in [0.05, 0.1) is 21.3 Å². The zero-order valence-electron chi connectivity index (χ0n) is 22.3. The lowest BCUT2D eigenvalue weighted by molar-refractivity contribution is -0.137.